The number of hydrogen-bond acceptors (Lipinski definition) is 4. The largest absolute Gasteiger partial charge is 0.265 e. The summed E-state index contributed by atoms with van der Waals surface area (Å²) in [5.41, 5.74) is 3.04. The molecule has 0 N–H and O–H groups in total. The summed E-state index contributed by atoms with van der Waals surface area (Å²) in [6.45, 7) is 0. The molecule has 0 saturated heterocycles. The summed E-state index contributed by atoms with van der Waals surface area (Å²) in [5.74, 6) is 0. The topological polar surface area (TPSA) is 38.7 Å². The Hall–Kier alpha value is -2.59. The first-order valence-electron chi connectivity index (χ1n) is 7.41. The molecule has 3 aromatic heterocycles. The molecular formula is C19H14N3S. The zero-order valence-electron chi connectivity index (χ0n) is 12.4. The van der Waals surface area contributed by atoms with Gasteiger partial charge in [-0.05, 0) is 41.6 Å². The number of rotatable bonds is 4. The molecule has 3 nitrogen and oxygen atoms in total. The van der Waals surface area contributed by atoms with Crippen LogP contribution < -0.4 is 0 Å². The van der Waals surface area contributed by atoms with Crippen LogP contribution in [0.1, 0.15) is 11.3 Å². The molecule has 0 atom stereocenters. The molecule has 0 fully saturated rings. The number of pyridine rings is 1. The van der Waals surface area contributed by atoms with Crippen molar-refractivity contribution in [2.75, 3.05) is 0 Å². The van der Waals surface area contributed by atoms with Crippen LogP contribution in [0.15, 0.2) is 67.3 Å². The molecular weight excluding hydrogens is 302 g/mol. The Bertz CT molecular complexity index is 881. The average molecular weight is 316 g/mol. The van der Waals surface area contributed by atoms with E-state index >= 15 is 0 Å². The highest BCUT2D eigenvalue weighted by atomic mass is 32.1. The van der Waals surface area contributed by atoms with Gasteiger partial charge in [0.05, 0.1) is 22.5 Å². The maximum Gasteiger partial charge on any atom is 0.0985 e. The van der Waals surface area contributed by atoms with E-state index in [0.29, 0.717) is 0 Å². The number of nitrogens with zero attached hydrogens (tertiary/aromatic N) is 3. The van der Waals surface area contributed by atoms with Gasteiger partial charge in [-0.25, -0.2) is 0 Å². The van der Waals surface area contributed by atoms with Crippen molar-refractivity contribution in [1.82, 2.24) is 15.0 Å². The minimum absolute atomic E-state index is 0.833. The van der Waals surface area contributed by atoms with Crippen LogP contribution >= 0.6 is 11.3 Å². The molecule has 23 heavy (non-hydrogen) atoms. The van der Waals surface area contributed by atoms with Gasteiger partial charge in [0.1, 0.15) is 0 Å². The molecule has 1 aromatic carbocycles. The Morgan fingerprint density at radius 2 is 1.83 bits per heavy atom. The molecule has 0 bridgehead atoms. The molecule has 0 aliphatic heterocycles. The van der Waals surface area contributed by atoms with E-state index in [0.717, 1.165) is 22.7 Å². The summed E-state index contributed by atoms with van der Waals surface area (Å²) < 4.78 is 1.28. The predicted octanol–water partition coefficient (Wildman–Crippen LogP) is 4.55. The van der Waals surface area contributed by atoms with Gasteiger partial charge in [0.15, 0.2) is 0 Å². The van der Waals surface area contributed by atoms with Crippen LogP contribution in [-0.4, -0.2) is 15.0 Å². The standard InChI is InChI=1S/C19H14N3S/c1-2-4-18-15(3-1)11-19(23-18)17-13-21-16(12-22-17)6-5-14-7-9-20-10-8-14/h1-4,6-13H,5H2. The highest BCUT2D eigenvalue weighted by Crippen LogP contribution is 2.31. The van der Waals surface area contributed by atoms with Crippen LogP contribution in [-0.2, 0) is 6.42 Å². The Kier molecular flexibility index (Phi) is 3.82. The normalized spacial score (nSPS) is 11.0. The second kappa shape index (κ2) is 6.26. The smallest absolute Gasteiger partial charge is 0.0985 e. The van der Waals surface area contributed by atoms with Crippen molar-refractivity contribution in [1.29, 1.82) is 0 Å². The lowest BCUT2D eigenvalue weighted by Crippen LogP contribution is -1.94. The van der Waals surface area contributed by atoms with E-state index in [1.165, 1.54) is 15.6 Å². The summed E-state index contributed by atoms with van der Waals surface area (Å²) in [4.78, 5) is 14.2. The van der Waals surface area contributed by atoms with Crippen molar-refractivity contribution >= 4 is 21.4 Å². The minimum atomic E-state index is 0.833. The van der Waals surface area contributed by atoms with Gasteiger partial charge in [0, 0.05) is 29.7 Å². The van der Waals surface area contributed by atoms with Gasteiger partial charge in [0.25, 0.3) is 0 Å². The molecule has 0 aliphatic carbocycles. The van der Waals surface area contributed by atoms with Gasteiger partial charge in [0.2, 0.25) is 0 Å². The third-order valence-electron chi connectivity index (χ3n) is 3.65. The zero-order valence-corrected chi connectivity index (χ0v) is 13.2. The molecule has 3 heterocycles. The van der Waals surface area contributed by atoms with Crippen LogP contribution in [0.5, 0.6) is 0 Å². The molecule has 4 heteroatoms. The molecule has 0 unspecified atom stereocenters. The quantitative estimate of drug-likeness (QED) is 0.554. The third kappa shape index (κ3) is 3.12. The Labute approximate surface area is 138 Å². The second-order valence-electron chi connectivity index (χ2n) is 5.24. The summed E-state index contributed by atoms with van der Waals surface area (Å²) in [6, 6.07) is 14.6. The van der Waals surface area contributed by atoms with E-state index in [1.807, 2.05) is 24.5 Å². The number of thiophene rings is 1. The van der Waals surface area contributed by atoms with Gasteiger partial charge in [-0.3, -0.25) is 15.0 Å². The van der Waals surface area contributed by atoms with Crippen molar-refractivity contribution < 1.29 is 0 Å². The average Bonchev–Trinajstić information content (AvgIpc) is 3.05. The fourth-order valence-electron chi connectivity index (χ4n) is 2.42. The maximum atomic E-state index is 4.56. The molecule has 111 valence electrons. The lowest BCUT2D eigenvalue weighted by atomic mass is 10.1. The van der Waals surface area contributed by atoms with E-state index in [-0.39, 0.29) is 0 Å². The summed E-state index contributed by atoms with van der Waals surface area (Å²) in [6.07, 6.45) is 10.2. The van der Waals surface area contributed by atoms with Gasteiger partial charge in [-0.1, -0.05) is 18.2 Å². The molecule has 4 rings (SSSR count). The first-order valence-corrected chi connectivity index (χ1v) is 8.23. The number of fused-ring (bicyclic) bond motifs is 1. The Balaban J connectivity index is 1.51. The van der Waals surface area contributed by atoms with Gasteiger partial charge >= 0.3 is 0 Å². The van der Waals surface area contributed by atoms with E-state index in [9.17, 15) is 0 Å². The van der Waals surface area contributed by atoms with Crippen LogP contribution in [0, 0.1) is 6.42 Å². The van der Waals surface area contributed by atoms with Crippen molar-refractivity contribution in [3.8, 4) is 10.6 Å². The third-order valence-corrected chi connectivity index (χ3v) is 4.78. The van der Waals surface area contributed by atoms with Gasteiger partial charge < -0.3 is 0 Å². The second-order valence-corrected chi connectivity index (χ2v) is 6.32. The maximum absolute atomic E-state index is 4.56. The van der Waals surface area contributed by atoms with E-state index < -0.39 is 0 Å². The van der Waals surface area contributed by atoms with Crippen LogP contribution in [0.3, 0.4) is 0 Å². The summed E-state index contributed by atoms with van der Waals surface area (Å²) in [5, 5.41) is 1.25. The molecule has 4 aromatic rings. The Morgan fingerprint density at radius 1 is 0.957 bits per heavy atom. The predicted molar refractivity (Wildman–Crippen MR) is 94.2 cm³/mol. The van der Waals surface area contributed by atoms with E-state index in [4.69, 9.17) is 0 Å². The molecule has 0 amide bonds. The zero-order chi connectivity index (χ0) is 15.5. The number of aromatic nitrogens is 3. The van der Waals surface area contributed by atoms with Crippen LogP contribution in [0.25, 0.3) is 20.7 Å². The van der Waals surface area contributed by atoms with Gasteiger partial charge in [-0.2, -0.15) is 0 Å². The van der Waals surface area contributed by atoms with Gasteiger partial charge in [-0.15, -0.1) is 11.3 Å². The number of hydrogen-bond donors (Lipinski definition) is 0. The highest BCUT2D eigenvalue weighted by molar-refractivity contribution is 7.22. The first kappa shape index (κ1) is 14.0. The monoisotopic (exact) mass is 316 g/mol. The Morgan fingerprint density at radius 3 is 2.61 bits per heavy atom. The fourth-order valence-corrected chi connectivity index (χ4v) is 3.44. The number of benzene rings is 1. The molecule has 1 radical (unpaired) electrons. The summed E-state index contributed by atoms with van der Waals surface area (Å²) in [7, 11) is 0. The first-order chi connectivity index (χ1) is 11.4. The van der Waals surface area contributed by atoms with Crippen LogP contribution in [0.4, 0.5) is 0 Å². The lowest BCUT2D eigenvalue weighted by molar-refractivity contribution is 1.06. The highest BCUT2D eigenvalue weighted by Gasteiger charge is 2.06. The molecule has 0 saturated carbocycles. The minimum Gasteiger partial charge on any atom is -0.265 e. The van der Waals surface area contributed by atoms with Crippen molar-refractivity contribution in [2.24, 2.45) is 0 Å². The van der Waals surface area contributed by atoms with E-state index in [2.05, 4.69) is 51.7 Å². The molecule has 0 aliphatic rings. The van der Waals surface area contributed by atoms with Crippen molar-refractivity contribution in [2.45, 2.75) is 6.42 Å². The van der Waals surface area contributed by atoms with Crippen LogP contribution in [0.2, 0.25) is 0 Å². The summed E-state index contributed by atoms with van der Waals surface area (Å²) >= 11 is 1.75. The SMILES string of the molecule is [CH](Cc1ccncc1)c1cnc(-c2cc3ccccc3s2)cn1. The van der Waals surface area contributed by atoms with Crippen molar-refractivity contribution in [3.05, 3.63) is 84.9 Å². The fraction of sp³-hybridized carbons (Fsp3) is 0.0526. The van der Waals surface area contributed by atoms with E-state index in [1.54, 1.807) is 23.7 Å². The lowest BCUT2D eigenvalue weighted by Gasteiger charge is -2.01. The van der Waals surface area contributed by atoms with Crippen molar-refractivity contribution in [3.63, 3.8) is 0 Å². The molecule has 0 spiro atoms.